The van der Waals surface area contributed by atoms with Gasteiger partial charge in [0.2, 0.25) is 10.0 Å². The lowest BCUT2D eigenvalue weighted by molar-refractivity contribution is 0.564. The second kappa shape index (κ2) is 4.71. The molecule has 0 bridgehead atoms. The van der Waals surface area contributed by atoms with E-state index in [0.717, 1.165) is 5.56 Å². The average Bonchev–Trinajstić information content (AvgIpc) is 2.77. The van der Waals surface area contributed by atoms with E-state index in [1.165, 1.54) is 12.1 Å². The molecule has 0 aliphatic rings. The molecule has 0 spiro atoms. The molecule has 1 heterocycles. The summed E-state index contributed by atoms with van der Waals surface area (Å²) in [5.74, 6) is 0. The van der Waals surface area contributed by atoms with Gasteiger partial charge in [-0.15, -0.1) is 0 Å². The van der Waals surface area contributed by atoms with Crippen molar-refractivity contribution in [1.82, 2.24) is 0 Å². The normalized spacial score (nSPS) is 11.4. The maximum absolute atomic E-state index is 11.2. The van der Waals surface area contributed by atoms with Crippen LogP contribution in [-0.2, 0) is 16.6 Å². The van der Waals surface area contributed by atoms with Gasteiger partial charge in [0.25, 0.3) is 0 Å². The third kappa shape index (κ3) is 2.82. The highest BCUT2D eigenvalue weighted by molar-refractivity contribution is 7.89. The predicted molar refractivity (Wildman–Crippen MR) is 68.3 cm³/mol. The Morgan fingerprint density at radius 2 is 2.06 bits per heavy atom. The molecule has 0 atom stereocenters. The van der Waals surface area contributed by atoms with Gasteiger partial charge >= 0.3 is 0 Å². The number of nitrogens with one attached hydrogen (secondary N) is 1. The number of hydrogen-bond donors (Lipinski definition) is 3. The summed E-state index contributed by atoms with van der Waals surface area (Å²) in [6, 6.07) is 6.34. The molecule has 0 aliphatic heterocycles. The standard InChI is InChI=1S/C11H13N3O3S/c12-10-5-9(1-2-11(10)18(13,15)16)14-6-8-3-4-17-7-8/h1-5,7,14H,6,12H2,(H2,13,15,16). The van der Waals surface area contributed by atoms with Crippen LogP contribution in [0.25, 0.3) is 0 Å². The molecule has 0 unspecified atom stereocenters. The summed E-state index contributed by atoms with van der Waals surface area (Å²) in [6.07, 6.45) is 3.20. The van der Waals surface area contributed by atoms with Gasteiger partial charge in [0.15, 0.2) is 0 Å². The Morgan fingerprint density at radius 1 is 1.28 bits per heavy atom. The Kier molecular flexibility index (Phi) is 3.26. The Morgan fingerprint density at radius 3 is 2.61 bits per heavy atom. The maximum Gasteiger partial charge on any atom is 0.240 e. The smallest absolute Gasteiger partial charge is 0.240 e. The second-order valence-electron chi connectivity index (χ2n) is 3.78. The van der Waals surface area contributed by atoms with Crippen LogP contribution < -0.4 is 16.2 Å². The molecule has 0 fully saturated rings. The Bertz CT molecular complexity index is 636. The third-order valence-corrected chi connectivity index (χ3v) is 3.38. The first-order chi connectivity index (χ1) is 8.47. The highest BCUT2D eigenvalue weighted by Crippen LogP contribution is 2.21. The Hall–Kier alpha value is -1.99. The minimum Gasteiger partial charge on any atom is -0.472 e. The summed E-state index contributed by atoms with van der Waals surface area (Å²) in [7, 11) is -3.78. The van der Waals surface area contributed by atoms with Crippen molar-refractivity contribution in [2.45, 2.75) is 11.4 Å². The molecule has 5 N–H and O–H groups in total. The van der Waals surface area contributed by atoms with Crippen molar-refractivity contribution in [2.75, 3.05) is 11.1 Å². The Labute approximate surface area is 105 Å². The lowest BCUT2D eigenvalue weighted by atomic mass is 10.2. The minimum atomic E-state index is -3.78. The van der Waals surface area contributed by atoms with Crippen LogP contribution in [-0.4, -0.2) is 8.42 Å². The van der Waals surface area contributed by atoms with Crippen molar-refractivity contribution >= 4 is 21.4 Å². The zero-order valence-corrected chi connectivity index (χ0v) is 10.3. The van der Waals surface area contributed by atoms with Crippen molar-refractivity contribution in [3.05, 3.63) is 42.4 Å². The van der Waals surface area contributed by atoms with E-state index in [1.807, 2.05) is 6.07 Å². The number of benzene rings is 1. The van der Waals surface area contributed by atoms with Crippen LogP contribution in [0.4, 0.5) is 11.4 Å². The van der Waals surface area contributed by atoms with Gasteiger partial charge in [0, 0.05) is 17.8 Å². The van der Waals surface area contributed by atoms with Gasteiger partial charge < -0.3 is 15.5 Å². The summed E-state index contributed by atoms with van der Waals surface area (Å²) < 4.78 is 27.3. The number of rotatable bonds is 4. The lowest BCUT2D eigenvalue weighted by Crippen LogP contribution is -2.14. The van der Waals surface area contributed by atoms with Gasteiger partial charge in [0.05, 0.1) is 18.2 Å². The van der Waals surface area contributed by atoms with Crippen LogP contribution in [0.15, 0.2) is 46.1 Å². The number of sulfonamides is 1. The summed E-state index contributed by atoms with van der Waals surface area (Å²) >= 11 is 0. The number of hydrogen-bond acceptors (Lipinski definition) is 5. The number of furan rings is 1. The summed E-state index contributed by atoms with van der Waals surface area (Å²) in [4.78, 5) is -0.0728. The van der Waals surface area contributed by atoms with E-state index in [-0.39, 0.29) is 10.6 Å². The fourth-order valence-electron chi connectivity index (χ4n) is 1.51. The van der Waals surface area contributed by atoms with Gasteiger partial charge in [-0.1, -0.05) is 0 Å². The fraction of sp³-hybridized carbons (Fsp3) is 0.0909. The van der Waals surface area contributed by atoms with Crippen LogP contribution in [0.2, 0.25) is 0 Å². The fourth-order valence-corrected chi connectivity index (χ4v) is 2.16. The molecule has 6 nitrogen and oxygen atoms in total. The molecular weight excluding hydrogens is 254 g/mol. The Balaban J connectivity index is 2.14. The van der Waals surface area contributed by atoms with Crippen LogP contribution in [0.5, 0.6) is 0 Å². The van der Waals surface area contributed by atoms with Crippen LogP contribution in [0, 0.1) is 0 Å². The summed E-state index contributed by atoms with van der Waals surface area (Å²) in [5, 5.41) is 8.11. The largest absolute Gasteiger partial charge is 0.472 e. The van der Waals surface area contributed by atoms with Crippen LogP contribution in [0.3, 0.4) is 0 Å². The summed E-state index contributed by atoms with van der Waals surface area (Å²) in [6.45, 7) is 0.560. The van der Waals surface area contributed by atoms with Crippen molar-refractivity contribution in [1.29, 1.82) is 0 Å². The van der Waals surface area contributed by atoms with Crippen molar-refractivity contribution in [3.8, 4) is 0 Å². The molecule has 96 valence electrons. The number of anilines is 2. The average molecular weight is 267 g/mol. The number of nitrogen functional groups attached to an aromatic ring is 1. The SMILES string of the molecule is Nc1cc(NCc2ccoc2)ccc1S(N)(=O)=O. The van der Waals surface area contributed by atoms with E-state index in [9.17, 15) is 8.42 Å². The van der Waals surface area contributed by atoms with E-state index in [2.05, 4.69) is 5.32 Å². The van der Waals surface area contributed by atoms with Gasteiger partial charge in [-0.2, -0.15) is 0 Å². The second-order valence-corrected chi connectivity index (χ2v) is 5.31. The first-order valence-corrected chi connectivity index (χ1v) is 6.69. The molecule has 18 heavy (non-hydrogen) atoms. The first-order valence-electron chi connectivity index (χ1n) is 5.14. The van der Waals surface area contributed by atoms with Crippen molar-refractivity contribution in [3.63, 3.8) is 0 Å². The van der Waals surface area contributed by atoms with Crippen molar-refractivity contribution in [2.24, 2.45) is 5.14 Å². The molecular formula is C11H13N3O3S. The van der Waals surface area contributed by atoms with E-state index in [1.54, 1.807) is 18.6 Å². The van der Waals surface area contributed by atoms with Gasteiger partial charge in [0.1, 0.15) is 4.90 Å². The highest BCUT2D eigenvalue weighted by Gasteiger charge is 2.12. The molecule has 0 radical (unpaired) electrons. The minimum absolute atomic E-state index is 0.0728. The highest BCUT2D eigenvalue weighted by atomic mass is 32.2. The zero-order chi connectivity index (χ0) is 13.2. The molecule has 1 aromatic carbocycles. The lowest BCUT2D eigenvalue weighted by Gasteiger charge is -2.08. The molecule has 0 saturated carbocycles. The molecule has 0 saturated heterocycles. The van der Waals surface area contributed by atoms with Crippen molar-refractivity contribution < 1.29 is 12.8 Å². The summed E-state index contributed by atoms with van der Waals surface area (Å²) in [5.41, 5.74) is 7.44. The van der Waals surface area contributed by atoms with Crippen LogP contribution in [0.1, 0.15) is 5.56 Å². The molecule has 0 aliphatic carbocycles. The molecule has 2 rings (SSSR count). The predicted octanol–water partition coefficient (Wildman–Crippen LogP) is 1.12. The number of nitrogens with two attached hydrogens (primary N) is 2. The quantitative estimate of drug-likeness (QED) is 0.719. The van der Waals surface area contributed by atoms with Gasteiger partial charge in [-0.05, 0) is 24.3 Å². The molecule has 0 amide bonds. The van der Waals surface area contributed by atoms with Gasteiger partial charge in [-0.25, -0.2) is 13.6 Å². The van der Waals surface area contributed by atoms with E-state index < -0.39 is 10.0 Å². The topological polar surface area (TPSA) is 111 Å². The third-order valence-electron chi connectivity index (χ3n) is 2.39. The van der Waals surface area contributed by atoms with E-state index in [4.69, 9.17) is 15.3 Å². The van der Waals surface area contributed by atoms with Gasteiger partial charge in [-0.3, -0.25) is 0 Å². The molecule has 7 heteroatoms. The van der Waals surface area contributed by atoms with E-state index >= 15 is 0 Å². The molecule has 1 aromatic heterocycles. The van der Waals surface area contributed by atoms with Crippen LogP contribution >= 0.6 is 0 Å². The van der Waals surface area contributed by atoms with E-state index in [0.29, 0.717) is 12.2 Å². The number of primary sulfonamides is 1. The monoisotopic (exact) mass is 267 g/mol. The molecule has 2 aromatic rings. The maximum atomic E-state index is 11.2. The zero-order valence-electron chi connectivity index (χ0n) is 9.46. The first kappa shape index (κ1) is 12.5.